The molecule has 0 saturated heterocycles. The molecule has 4 nitrogen and oxygen atoms in total. The van der Waals surface area contributed by atoms with Gasteiger partial charge >= 0.3 is 0 Å². The van der Waals surface area contributed by atoms with Crippen molar-refractivity contribution in [3.8, 4) is 0 Å². The number of benzene rings is 2. The number of anilines is 1. The average molecular weight is 361 g/mol. The van der Waals surface area contributed by atoms with Crippen LogP contribution in [0.15, 0.2) is 72.8 Å². The van der Waals surface area contributed by atoms with Crippen LogP contribution >= 0.6 is 0 Å². The molecule has 0 radical (unpaired) electrons. The minimum absolute atomic E-state index is 0.265. The standard InChI is InChI=1S/C23H23NO3/c1-2-16-24-21-15-9-8-14-20(21)23(27,22(24)26)17-19(25)13-7-6-12-18-10-4-3-5-11-18/h3-15,27H,2,16-17H2,1H3/b12-6+,13-7+. The Hall–Kier alpha value is -2.98. The highest BCUT2D eigenvalue weighted by atomic mass is 16.3. The number of aliphatic hydroxyl groups is 1. The summed E-state index contributed by atoms with van der Waals surface area (Å²) in [5.41, 5.74) is 0.428. The van der Waals surface area contributed by atoms with Gasteiger partial charge in [0.2, 0.25) is 0 Å². The van der Waals surface area contributed by atoms with Gasteiger partial charge < -0.3 is 10.0 Å². The monoisotopic (exact) mass is 361 g/mol. The van der Waals surface area contributed by atoms with Crippen molar-refractivity contribution in [2.75, 3.05) is 11.4 Å². The zero-order chi connectivity index (χ0) is 19.3. The summed E-state index contributed by atoms with van der Waals surface area (Å²) >= 11 is 0. The highest BCUT2D eigenvalue weighted by Gasteiger charge is 2.50. The van der Waals surface area contributed by atoms with Crippen LogP contribution < -0.4 is 4.90 Å². The van der Waals surface area contributed by atoms with E-state index < -0.39 is 11.5 Å². The molecule has 0 fully saturated rings. The van der Waals surface area contributed by atoms with Crippen LogP contribution in [-0.4, -0.2) is 23.3 Å². The number of nitrogens with zero attached hydrogens (tertiary/aromatic N) is 1. The molecule has 1 unspecified atom stereocenters. The topological polar surface area (TPSA) is 57.6 Å². The highest BCUT2D eigenvalue weighted by Crippen LogP contribution is 2.42. The van der Waals surface area contributed by atoms with E-state index in [0.717, 1.165) is 12.0 Å². The molecule has 1 aliphatic heterocycles. The fourth-order valence-electron chi connectivity index (χ4n) is 3.33. The van der Waals surface area contributed by atoms with E-state index in [4.69, 9.17) is 0 Å². The predicted molar refractivity (Wildman–Crippen MR) is 107 cm³/mol. The summed E-state index contributed by atoms with van der Waals surface area (Å²) in [7, 11) is 0. The summed E-state index contributed by atoms with van der Waals surface area (Å²) in [6, 6.07) is 16.9. The molecule has 1 aliphatic rings. The Morgan fingerprint density at radius 3 is 2.52 bits per heavy atom. The first-order valence-electron chi connectivity index (χ1n) is 9.12. The summed E-state index contributed by atoms with van der Waals surface area (Å²) in [5, 5.41) is 11.1. The molecule has 1 N–H and O–H groups in total. The molecule has 0 aromatic heterocycles. The Labute approximate surface area is 159 Å². The van der Waals surface area contributed by atoms with Crippen molar-refractivity contribution in [1.29, 1.82) is 0 Å². The lowest BCUT2D eigenvalue weighted by Gasteiger charge is -2.21. The molecular formula is C23H23NO3. The number of allylic oxidation sites excluding steroid dienone is 3. The number of amides is 1. The summed E-state index contributed by atoms with van der Waals surface area (Å²) in [6.07, 6.45) is 7.19. The molecule has 0 aliphatic carbocycles. The molecule has 27 heavy (non-hydrogen) atoms. The van der Waals surface area contributed by atoms with Gasteiger partial charge in [0.25, 0.3) is 5.91 Å². The number of hydrogen-bond donors (Lipinski definition) is 1. The third-order valence-electron chi connectivity index (χ3n) is 4.60. The molecule has 1 amide bonds. The second-order valence-electron chi connectivity index (χ2n) is 6.61. The van der Waals surface area contributed by atoms with Crippen LogP contribution in [0.2, 0.25) is 0 Å². The molecule has 0 bridgehead atoms. The summed E-state index contributed by atoms with van der Waals surface area (Å²) < 4.78 is 0. The van der Waals surface area contributed by atoms with E-state index in [-0.39, 0.29) is 12.2 Å². The van der Waals surface area contributed by atoms with Gasteiger partial charge in [-0.25, -0.2) is 0 Å². The number of fused-ring (bicyclic) bond motifs is 1. The molecule has 2 aromatic carbocycles. The average Bonchev–Trinajstić information content (AvgIpc) is 2.89. The maximum Gasteiger partial charge on any atom is 0.264 e. The van der Waals surface area contributed by atoms with Crippen molar-refractivity contribution in [1.82, 2.24) is 0 Å². The van der Waals surface area contributed by atoms with Crippen LogP contribution in [0, 0.1) is 0 Å². The van der Waals surface area contributed by atoms with E-state index in [2.05, 4.69) is 0 Å². The highest BCUT2D eigenvalue weighted by molar-refractivity contribution is 6.09. The largest absolute Gasteiger partial charge is 0.375 e. The number of hydrogen-bond acceptors (Lipinski definition) is 3. The summed E-state index contributed by atoms with van der Waals surface area (Å²) in [4.78, 5) is 26.8. The van der Waals surface area contributed by atoms with Crippen LogP contribution in [-0.2, 0) is 15.2 Å². The van der Waals surface area contributed by atoms with Crippen molar-refractivity contribution in [3.63, 3.8) is 0 Å². The quantitative estimate of drug-likeness (QED) is 0.602. The summed E-state index contributed by atoms with van der Waals surface area (Å²) in [6.45, 7) is 2.49. The number of carbonyl (C=O) groups is 2. The van der Waals surface area contributed by atoms with E-state index in [0.29, 0.717) is 17.8 Å². The first kappa shape index (κ1) is 18.8. The van der Waals surface area contributed by atoms with Crippen molar-refractivity contribution >= 4 is 23.5 Å². The number of ketones is 1. The van der Waals surface area contributed by atoms with E-state index in [1.165, 1.54) is 6.08 Å². The Bertz CT molecular complexity index is 886. The summed E-state index contributed by atoms with van der Waals surface area (Å²) in [5.74, 6) is -0.719. The van der Waals surface area contributed by atoms with Crippen LogP contribution in [0.4, 0.5) is 5.69 Å². The second-order valence-corrected chi connectivity index (χ2v) is 6.61. The van der Waals surface area contributed by atoms with Gasteiger partial charge in [0.1, 0.15) is 0 Å². The molecule has 0 spiro atoms. The van der Waals surface area contributed by atoms with Gasteiger partial charge in [-0.3, -0.25) is 9.59 Å². The Morgan fingerprint density at radius 2 is 1.78 bits per heavy atom. The van der Waals surface area contributed by atoms with Crippen LogP contribution in [0.1, 0.15) is 30.9 Å². The van der Waals surface area contributed by atoms with Gasteiger partial charge in [0.05, 0.1) is 12.1 Å². The maximum atomic E-state index is 12.8. The molecule has 1 heterocycles. The van der Waals surface area contributed by atoms with Gasteiger partial charge in [0.15, 0.2) is 11.4 Å². The third kappa shape index (κ3) is 3.91. The van der Waals surface area contributed by atoms with Gasteiger partial charge in [-0.15, -0.1) is 0 Å². The fraction of sp³-hybridized carbons (Fsp3) is 0.217. The minimum atomic E-state index is -1.80. The Morgan fingerprint density at radius 1 is 1.07 bits per heavy atom. The lowest BCUT2D eigenvalue weighted by atomic mass is 9.90. The van der Waals surface area contributed by atoms with Crippen LogP contribution in [0.3, 0.4) is 0 Å². The molecule has 3 rings (SSSR count). The predicted octanol–water partition coefficient (Wildman–Crippen LogP) is 3.86. The molecule has 138 valence electrons. The first-order chi connectivity index (χ1) is 13.1. The number of rotatable bonds is 7. The Kier molecular flexibility index (Phi) is 5.67. The molecule has 2 aromatic rings. The van der Waals surface area contributed by atoms with E-state index in [1.54, 1.807) is 29.2 Å². The van der Waals surface area contributed by atoms with E-state index in [1.807, 2.05) is 55.5 Å². The van der Waals surface area contributed by atoms with Crippen molar-refractivity contribution in [3.05, 3.63) is 84.0 Å². The normalized spacial score (nSPS) is 19.2. The van der Waals surface area contributed by atoms with E-state index in [9.17, 15) is 14.7 Å². The number of carbonyl (C=O) groups excluding carboxylic acids is 2. The molecule has 1 atom stereocenters. The van der Waals surface area contributed by atoms with Crippen molar-refractivity contribution in [2.24, 2.45) is 0 Å². The maximum absolute atomic E-state index is 12.8. The zero-order valence-electron chi connectivity index (χ0n) is 15.3. The van der Waals surface area contributed by atoms with Crippen LogP contribution in [0.25, 0.3) is 6.08 Å². The van der Waals surface area contributed by atoms with Crippen molar-refractivity contribution in [2.45, 2.75) is 25.4 Å². The van der Waals surface area contributed by atoms with Gasteiger partial charge in [-0.2, -0.15) is 0 Å². The Balaban J connectivity index is 1.74. The van der Waals surface area contributed by atoms with Gasteiger partial charge in [-0.1, -0.05) is 73.7 Å². The van der Waals surface area contributed by atoms with Gasteiger partial charge in [0, 0.05) is 12.1 Å². The third-order valence-corrected chi connectivity index (χ3v) is 4.60. The van der Waals surface area contributed by atoms with E-state index >= 15 is 0 Å². The van der Waals surface area contributed by atoms with Crippen LogP contribution in [0.5, 0.6) is 0 Å². The first-order valence-corrected chi connectivity index (χ1v) is 9.12. The fourth-order valence-corrected chi connectivity index (χ4v) is 3.33. The zero-order valence-corrected chi connectivity index (χ0v) is 15.3. The second kappa shape index (κ2) is 8.14. The minimum Gasteiger partial charge on any atom is -0.375 e. The van der Waals surface area contributed by atoms with Gasteiger partial charge in [-0.05, 0) is 24.1 Å². The van der Waals surface area contributed by atoms with Crippen molar-refractivity contribution < 1.29 is 14.7 Å². The smallest absolute Gasteiger partial charge is 0.264 e. The number of para-hydroxylation sites is 1. The molecular weight excluding hydrogens is 338 g/mol. The lowest BCUT2D eigenvalue weighted by Crippen LogP contribution is -2.41. The lowest BCUT2D eigenvalue weighted by molar-refractivity contribution is -0.140. The SMILES string of the molecule is CCCN1C(=O)C(O)(CC(=O)/C=C/C=C/c2ccccc2)c2ccccc21. The molecule has 4 heteroatoms. The molecule has 0 saturated carbocycles.